The third-order valence-corrected chi connectivity index (χ3v) is 8.64. The van der Waals surface area contributed by atoms with Gasteiger partial charge in [0.05, 0.1) is 0 Å². The summed E-state index contributed by atoms with van der Waals surface area (Å²) in [6.07, 6.45) is 1.65. The zero-order valence-electron chi connectivity index (χ0n) is 26.1. The Labute approximate surface area is 245 Å². The molecule has 0 amide bonds. The highest BCUT2D eigenvalue weighted by Gasteiger charge is 2.22. The first-order valence-electron chi connectivity index (χ1n) is 14.3. The molecule has 0 spiro atoms. The molecule has 208 valence electrons. The summed E-state index contributed by atoms with van der Waals surface area (Å²) in [7, 11) is 2.16. The summed E-state index contributed by atoms with van der Waals surface area (Å²) in [6, 6.07) is 19.8. The zero-order chi connectivity index (χ0) is 29.6. The first-order valence-corrected chi connectivity index (χ1v) is 14.3. The molecule has 5 aromatic rings. The standard InChI is InChI=1S/C37H40N4/c1-21-18-24(4)33(25(5)19-21)36-38-20-39-37(40-36)34-26(6)28(8)35(29(9)27(34)7)41(10)31-16-14-30(15-17-31)32-22(2)12-11-13-23(32)3/h11-20H,1-10H3. The molecule has 5 rings (SSSR count). The number of aromatic nitrogens is 3. The molecule has 4 aromatic carbocycles. The fourth-order valence-electron chi connectivity index (χ4n) is 6.45. The van der Waals surface area contributed by atoms with E-state index < -0.39 is 0 Å². The van der Waals surface area contributed by atoms with E-state index in [-0.39, 0.29) is 0 Å². The lowest BCUT2D eigenvalue weighted by Crippen LogP contribution is -2.15. The van der Waals surface area contributed by atoms with Crippen LogP contribution >= 0.6 is 0 Å². The number of benzene rings is 4. The molecular formula is C37H40N4. The quantitative estimate of drug-likeness (QED) is 0.223. The minimum atomic E-state index is 0.725. The fourth-order valence-corrected chi connectivity index (χ4v) is 6.45. The molecule has 0 saturated heterocycles. The van der Waals surface area contributed by atoms with Crippen molar-refractivity contribution in [3.8, 4) is 33.9 Å². The summed E-state index contributed by atoms with van der Waals surface area (Å²) in [4.78, 5) is 16.6. The van der Waals surface area contributed by atoms with Gasteiger partial charge in [0.2, 0.25) is 0 Å². The Morgan fingerprint density at radius 2 is 1.05 bits per heavy atom. The van der Waals surface area contributed by atoms with Gasteiger partial charge in [0.25, 0.3) is 0 Å². The first kappa shape index (κ1) is 28.2. The molecule has 0 atom stereocenters. The molecule has 4 heteroatoms. The molecular weight excluding hydrogens is 500 g/mol. The number of nitrogens with zero attached hydrogens (tertiary/aromatic N) is 4. The van der Waals surface area contributed by atoms with Crippen LogP contribution in [0, 0.1) is 62.3 Å². The first-order chi connectivity index (χ1) is 19.5. The van der Waals surface area contributed by atoms with Crippen molar-refractivity contribution < 1.29 is 0 Å². The minimum Gasteiger partial charge on any atom is -0.344 e. The number of hydrogen-bond acceptors (Lipinski definition) is 4. The molecule has 1 aromatic heterocycles. The van der Waals surface area contributed by atoms with Crippen LogP contribution in [0.2, 0.25) is 0 Å². The molecule has 41 heavy (non-hydrogen) atoms. The Bertz CT molecular complexity index is 1710. The number of aryl methyl sites for hydroxylation is 5. The predicted molar refractivity (Wildman–Crippen MR) is 173 cm³/mol. The van der Waals surface area contributed by atoms with Crippen LogP contribution in [0.5, 0.6) is 0 Å². The van der Waals surface area contributed by atoms with E-state index in [4.69, 9.17) is 4.98 Å². The molecule has 0 aliphatic rings. The van der Waals surface area contributed by atoms with Crippen molar-refractivity contribution in [3.63, 3.8) is 0 Å². The van der Waals surface area contributed by atoms with Crippen molar-refractivity contribution in [2.45, 2.75) is 62.3 Å². The Balaban J connectivity index is 1.56. The predicted octanol–water partition coefficient (Wildman–Crippen LogP) is 9.42. The molecule has 0 N–H and O–H groups in total. The summed E-state index contributed by atoms with van der Waals surface area (Å²) in [6.45, 7) is 19.5. The molecule has 4 nitrogen and oxygen atoms in total. The summed E-state index contributed by atoms with van der Waals surface area (Å²) in [5.41, 5.74) is 18.2. The minimum absolute atomic E-state index is 0.725. The maximum Gasteiger partial charge on any atom is 0.163 e. The monoisotopic (exact) mass is 540 g/mol. The summed E-state index contributed by atoms with van der Waals surface area (Å²) in [5, 5.41) is 0. The van der Waals surface area contributed by atoms with Gasteiger partial charge in [0.15, 0.2) is 11.6 Å². The van der Waals surface area contributed by atoms with Crippen LogP contribution in [-0.2, 0) is 0 Å². The van der Waals surface area contributed by atoms with Crippen molar-refractivity contribution >= 4 is 11.4 Å². The second kappa shape index (κ2) is 10.9. The van der Waals surface area contributed by atoms with Crippen molar-refractivity contribution in [1.29, 1.82) is 0 Å². The largest absolute Gasteiger partial charge is 0.344 e. The maximum absolute atomic E-state index is 5.02. The van der Waals surface area contributed by atoms with E-state index in [1.807, 2.05) is 0 Å². The van der Waals surface area contributed by atoms with Gasteiger partial charge >= 0.3 is 0 Å². The second-order valence-electron chi connectivity index (χ2n) is 11.5. The highest BCUT2D eigenvalue weighted by Crippen LogP contribution is 2.40. The van der Waals surface area contributed by atoms with Gasteiger partial charge in [-0.15, -0.1) is 0 Å². The maximum atomic E-state index is 5.02. The molecule has 0 aliphatic carbocycles. The van der Waals surface area contributed by atoms with Gasteiger partial charge in [0.1, 0.15) is 6.33 Å². The van der Waals surface area contributed by atoms with Gasteiger partial charge < -0.3 is 4.90 Å². The van der Waals surface area contributed by atoms with Gasteiger partial charge in [-0.3, -0.25) is 0 Å². The highest BCUT2D eigenvalue weighted by molar-refractivity contribution is 5.81. The molecule has 0 saturated carbocycles. The number of anilines is 2. The number of rotatable bonds is 5. The molecule has 0 fully saturated rings. The van der Waals surface area contributed by atoms with Crippen LogP contribution in [0.25, 0.3) is 33.9 Å². The van der Waals surface area contributed by atoms with Gasteiger partial charge in [-0.05, 0) is 130 Å². The van der Waals surface area contributed by atoms with Crippen LogP contribution in [0.3, 0.4) is 0 Å². The zero-order valence-corrected chi connectivity index (χ0v) is 26.1. The van der Waals surface area contributed by atoms with Crippen LogP contribution < -0.4 is 4.90 Å². The average Bonchev–Trinajstić information content (AvgIpc) is 2.92. The van der Waals surface area contributed by atoms with Gasteiger partial charge in [-0.25, -0.2) is 15.0 Å². The molecule has 0 aliphatic heterocycles. The topological polar surface area (TPSA) is 41.9 Å². The van der Waals surface area contributed by atoms with E-state index in [2.05, 4.69) is 139 Å². The van der Waals surface area contributed by atoms with E-state index in [9.17, 15) is 0 Å². The molecule has 0 unspecified atom stereocenters. The molecule has 0 radical (unpaired) electrons. The third-order valence-electron chi connectivity index (χ3n) is 8.64. The average molecular weight is 541 g/mol. The number of hydrogen-bond donors (Lipinski definition) is 0. The Morgan fingerprint density at radius 3 is 1.59 bits per heavy atom. The van der Waals surface area contributed by atoms with Crippen LogP contribution in [-0.4, -0.2) is 22.0 Å². The normalized spacial score (nSPS) is 11.2. The SMILES string of the molecule is Cc1cc(C)c(-c2ncnc(-c3c(C)c(C)c(N(C)c4ccc(-c5c(C)cccc5C)cc4)c(C)c3C)n2)c(C)c1. The highest BCUT2D eigenvalue weighted by atomic mass is 15.1. The van der Waals surface area contributed by atoms with Crippen molar-refractivity contribution in [2.75, 3.05) is 11.9 Å². The van der Waals surface area contributed by atoms with E-state index in [1.165, 1.54) is 66.9 Å². The van der Waals surface area contributed by atoms with Crippen molar-refractivity contribution in [1.82, 2.24) is 15.0 Å². The summed E-state index contributed by atoms with van der Waals surface area (Å²) >= 11 is 0. The lowest BCUT2D eigenvalue weighted by Gasteiger charge is -2.28. The van der Waals surface area contributed by atoms with E-state index in [0.717, 1.165) is 28.5 Å². The Morgan fingerprint density at radius 1 is 0.537 bits per heavy atom. The lowest BCUT2D eigenvalue weighted by molar-refractivity contribution is 1.04. The lowest BCUT2D eigenvalue weighted by atomic mass is 9.90. The second-order valence-corrected chi connectivity index (χ2v) is 11.5. The van der Waals surface area contributed by atoms with Crippen LogP contribution in [0.4, 0.5) is 11.4 Å². The third kappa shape index (κ3) is 5.04. The van der Waals surface area contributed by atoms with Gasteiger partial charge in [0, 0.05) is 29.5 Å². The molecule has 1 heterocycles. The summed E-state index contributed by atoms with van der Waals surface area (Å²) in [5.74, 6) is 1.45. The van der Waals surface area contributed by atoms with E-state index in [0.29, 0.717) is 0 Å². The molecule has 0 bridgehead atoms. The smallest absolute Gasteiger partial charge is 0.163 e. The Kier molecular flexibility index (Phi) is 7.52. The fraction of sp³-hybridized carbons (Fsp3) is 0.270. The van der Waals surface area contributed by atoms with E-state index in [1.54, 1.807) is 6.33 Å². The summed E-state index contributed by atoms with van der Waals surface area (Å²) < 4.78 is 0. The van der Waals surface area contributed by atoms with Crippen LogP contribution in [0.15, 0.2) is 60.9 Å². The Hall–Kier alpha value is -4.31. The van der Waals surface area contributed by atoms with Crippen molar-refractivity contribution in [2.24, 2.45) is 0 Å². The van der Waals surface area contributed by atoms with Gasteiger partial charge in [-0.2, -0.15) is 0 Å². The van der Waals surface area contributed by atoms with Crippen LogP contribution in [0.1, 0.15) is 50.1 Å². The van der Waals surface area contributed by atoms with E-state index >= 15 is 0 Å². The van der Waals surface area contributed by atoms with Crippen molar-refractivity contribution in [3.05, 3.63) is 111 Å². The van der Waals surface area contributed by atoms with Gasteiger partial charge in [-0.1, -0.05) is 48.0 Å².